The lowest BCUT2D eigenvalue weighted by molar-refractivity contribution is 0.375. The minimum Gasteiger partial charge on any atom is -0.374 e. The Morgan fingerprint density at radius 1 is 1.31 bits per heavy atom. The summed E-state index contributed by atoms with van der Waals surface area (Å²) in [6, 6.07) is 7.32. The molecule has 0 aromatic heterocycles. The minimum absolute atomic E-state index is 0.323. The van der Waals surface area contributed by atoms with Gasteiger partial charge in [0.2, 0.25) is 0 Å². The summed E-state index contributed by atoms with van der Waals surface area (Å²) in [4.78, 5) is 17.2. The molecule has 0 saturated heterocycles. The van der Waals surface area contributed by atoms with E-state index in [-0.39, 0.29) is 6.29 Å². The lowest BCUT2D eigenvalue weighted by Gasteiger charge is -2.07. The van der Waals surface area contributed by atoms with Crippen LogP contribution in [0.15, 0.2) is 24.3 Å². The topological polar surface area (TPSA) is 69.6 Å². The molecule has 4 nitrogen and oxygen atoms in total. The van der Waals surface area contributed by atoms with Crippen LogP contribution in [0.1, 0.15) is 5.56 Å². The van der Waals surface area contributed by atoms with Crippen LogP contribution in [0.2, 0.25) is 0 Å². The van der Waals surface area contributed by atoms with E-state index in [4.69, 9.17) is 9.79 Å². The van der Waals surface area contributed by atoms with Crippen molar-refractivity contribution in [3.05, 3.63) is 29.8 Å². The molecule has 0 fully saturated rings. The first kappa shape index (κ1) is 10.3. The average Bonchev–Trinajstić information content (AvgIpc) is 2.02. The van der Waals surface area contributed by atoms with Crippen molar-refractivity contribution in [3.63, 3.8) is 0 Å². The van der Waals surface area contributed by atoms with E-state index in [2.05, 4.69) is 5.32 Å². The Bertz CT molecular complexity index is 317. The quantitative estimate of drug-likeness (QED) is 0.649. The van der Waals surface area contributed by atoms with Crippen LogP contribution in [0.3, 0.4) is 0 Å². The molecule has 72 valence electrons. The monoisotopic (exact) mass is 201 g/mol. The maximum absolute atomic E-state index is 10.5. The van der Waals surface area contributed by atoms with Crippen LogP contribution in [-0.4, -0.2) is 16.1 Å². The fourth-order valence-electron chi connectivity index (χ4n) is 0.866. The van der Waals surface area contributed by atoms with E-state index < -0.39 is 7.60 Å². The summed E-state index contributed by atoms with van der Waals surface area (Å²) in [5.74, 6) is 0. The standard InChI is InChI=1S/C8H12NO3P/c1-7-2-4-8(5-3-7)9-6-13(10,11)12/h2-5,9H,6H2,1H3,(H2,10,11,12). The van der Waals surface area contributed by atoms with Gasteiger partial charge in [-0.1, -0.05) is 17.7 Å². The van der Waals surface area contributed by atoms with Crippen molar-refractivity contribution in [2.45, 2.75) is 6.92 Å². The Hall–Kier alpha value is -0.830. The smallest absolute Gasteiger partial charge is 0.344 e. The van der Waals surface area contributed by atoms with Crippen LogP contribution in [0, 0.1) is 6.92 Å². The molecule has 0 aliphatic carbocycles. The number of nitrogens with one attached hydrogen (secondary N) is 1. The predicted octanol–water partition coefficient (Wildman–Crippen LogP) is 1.54. The number of benzene rings is 1. The highest BCUT2D eigenvalue weighted by Crippen LogP contribution is 2.33. The molecule has 0 bridgehead atoms. The second-order valence-corrected chi connectivity index (χ2v) is 4.51. The molecule has 13 heavy (non-hydrogen) atoms. The van der Waals surface area contributed by atoms with Crippen molar-refractivity contribution in [2.24, 2.45) is 0 Å². The summed E-state index contributed by atoms with van der Waals surface area (Å²) in [7, 11) is -3.95. The highest BCUT2D eigenvalue weighted by atomic mass is 31.2. The van der Waals surface area contributed by atoms with Gasteiger partial charge in [0.25, 0.3) is 0 Å². The second-order valence-electron chi connectivity index (χ2n) is 2.87. The van der Waals surface area contributed by atoms with E-state index in [1.54, 1.807) is 12.1 Å². The summed E-state index contributed by atoms with van der Waals surface area (Å²) >= 11 is 0. The van der Waals surface area contributed by atoms with Crippen LogP contribution in [0.25, 0.3) is 0 Å². The maximum Gasteiger partial charge on any atom is 0.344 e. The van der Waals surface area contributed by atoms with E-state index in [1.807, 2.05) is 19.1 Å². The fourth-order valence-corrected chi connectivity index (χ4v) is 1.25. The Balaban J connectivity index is 2.56. The van der Waals surface area contributed by atoms with Crippen molar-refractivity contribution >= 4 is 13.3 Å². The molecule has 0 heterocycles. The molecule has 0 amide bonds. The first-order valence-corrected chi connectivity index (χ1v) is 5.62. The summed E-state index contributed by atoms with van der Waals surface area (Å²) < 4.78 is 10.5. The van der Waals surface area contributed by atoms with Gasteiger partial charge in [-0.05, 0) is 19.1 Å². The molecular weight excluding hydrogens is 189 g/mol. The van der Waals surface area contributed by atoms with Crippen LogP contribution < -0.4 is 5.32 Å². The zero-order valence-corrected chi connectivity index (χ0v) is 8.16. The predicted molar refractivity (Wildman–Crippen MR) is 51.7 cm³/mol. The fraction of sp³-hybridized carbons (Fsp3) is 0.250. The van der Waals surface area contributed by atoms with Crippen molar-refractivity contribution in [3.8, 4) is 0 Å². The Morgan fingerprint density at radius 2 is 1.85 bits per heavy atom. The van der Waals surface area contributed by atoms with Gasteiger partial charge in [-0.2, -0.15) is 0 Å². The molecule has 0 spiro atoms. The molecule has 0 aliphatic rings. The molecule has 0 atom stereocenters. The number of aryl methyl sites for hydroxylation is 1. The Morgan fingerprint density at radius 3 is 2.31 bits per heavy atom. The van der Waals surface area contributed by atoms with Crippen molar-refractivity contribution in [1.82, 2.24) is 0 Å². The molecule has 1 aromatic carbocycles. The summed E-state index contributed by atoms with van der Waals surface area (Å²) in [5.41, 5.74) is 1.83. The van der Waals surface area contributed by atoms with Crippen molar-refractivity contribution in [1.29, 1.82) is 0 Å². The SMILES string of the molecule is Cc1ccc(NCP(=O)(O)O)cc1. The van der Waals surface area contributed by atoms with Gasteiger partial charge in [0, 0.05) is 5.69 Å². The Kier molecular flexibility index (Phi) is 3.09. The summed E-state index contributed by atoms with van der Waals surface area (Å²) in [6.07, 6.45) is -0.323. The van der Waals surface area contributed by atoms with Gasteiger partial charge in [0.15, 0.2) is 0 Å². The van der Waals surface area contributed by atoms with Gasteiger partial charge in [-0.3, -0.25) is 4.57 Å². The van der Waals surface area contributed by atoms with Crippen molar-refractivity contribution in [2.75, 3.05) is 11.6 Å². The molecule has 0 radical (unpaired) electrons. The van der Waals surface area contributed by atoms with Crippen molar-refractivity contribution < 1.29 is 14.4 Å². The van der Waals surface area contributed by atoms with E-state index >= 15 is 0 Å². The van der Waals surface area contributed by atoms with E-state index in [1.165, 1.54) is 0 Å². The van der Waals surface area contributed by atoms with Crippen LogP contribution in [0.4, 0.5) is 5.69 Å². The number of anilines is 1. The highest BCUT2D eigenvalue weighted by molar-refractivity contribution is 7.51. The minimum atomic E-state index is -3.95. The third kappa shape index (κ3) is 4.08. The molecule has 0 unspecified atom stereocenters. The maximum atomic E-state index is 10.5. The Labute approximate surface area is 76.8 Å². The van der Waals surface area contributed by atoms with Crippen LogP contribution in [-0.2, 0) is 4.57 Å². The third-order valence-electron chi connectivity index (χ3n) is 1.54. The van der Waals surface area contributed by atoms with E-state index in [0.717, 1.165) is 5.56 Å². The van der Waals surface area contributed by atoms with E-state index in [0.29, 0.717) is 5.69 Å². The molecular formula is C8H12NO3P. The molecule has 1 rings (SSSR count). The van der Waals surface area contributed by atoms with Crippen LogP contribution >= 0.6 is 7.60 Å². The lowest BCUT2D eigenvalue weighted by atomic mass is 10.2. The number of hydrogen-bond acceptors (Lipinski definition) is 2. The average molecular weight is 201 g/mol. The van der Waals surface area contributed by atoms with Gasteiger partial charge in [0.05, 0.1) is 0 Å². The van der Waals surface area contributed by atoms with Gasteiger partial charge in [-0.15, -0.1) is 0 Å². The van der Waals surface area contributed by atoms with Gasteiger partial charge < -0.3 is 15.1 Å². The molecule has 3 N–H and O–H groups in total. The second kappa shape index (κ2) is 3.92. The summed E-state index contributed by atoms with van der Waals surface area (Å²) in [6.45, 7) is 1.95. The molecule has 1 aromatic rings. The first-order valence-electron chi connectivity index (χ1n) is 3.82. The number of rotatable bonds is 3. The van der Waals surface area contributed by atoms with Gasteiger partial charge >= 0.3 is 7.60 Å². The number of hydrogen-bond donors (Lipinski definition) is 3. The molecule has 0 aliphatic heterocycles. The van der Waals surface area contributed by atoms with Crippen LogP contribution in [0.5, 0.6) is 0 Å². The van der Waals surface area contributed by atoms with E-state index in [9.17, 15) is 4.57 Å². The normalized spacial score (nSPS) is 11.3. The molecule has 5 heteroatoms. The largest absolute Gasteiger partial charge is 0.374 e. The zero-order valence-electron chi connectivity index (χ0n) is 7.27. The summed E-state index contributed by atoms with van der Waals surface area (Å²) in [5, 5.41) is 2.65. The zero-order chi connectivity index (χ0) is 9.90. The third-order valence-corrected chi connectivity index (χ3v) is 2.11. The highest BCUT2D eigenvalue weighted by Gasteiger charge is 2.11. The first-order chi connectivity index (χ1) is 5.97. The van der Waals surface area contributed by atoms with Gasteiger partial charge in [-0.25, -0.2) is 0 Å². The molecule has 0 saturated carbocycles. The van der Waals surface area contributed by atoms with Gasteiger partial charge in [0.1, 0.15) is 6.29 Å². The lowest BCUT2D eigenvalue weighted by Crippen LogP contribution is -2.01.